The van der Waals surface area contributed by atoms with Gasteiger partial charge in [-0.1, -0.05) is 0 Å². The van der Waals surface area contributed by atoms with Crippen molar-refractivity contribution in [3.05, 3.63) is 50.7 Å². The molecule has 0 spiro atoms. The lowest BCUT2D eigenvalue weighted by atomic mass is 9.95. The molecule has 1 aliphatic rings. The van der Waals surface area contributed by atoms with Crippen molar-refractivity contribution >= 4 is 39.2 Å². The van der Waals surface area contributed by atoms with E-state index in [4.69, 9.17) is 0 Å². The van der Waals surface area contributed by atoms with E-state index in [-0.39, 0.29) is 17.5 Å². The Morgan fingerprint density at radius 3 is 2.62 bits per heavy atom. The first kappa shape index (κ1) is 18.2. The van der Waals surface area contributed by atoms with Crippen LogP contribution in [0.2, 0.25) is 0 Å². The zero-order chi connectivity index (χ0) is 18.7. The van der Waals surface area contributed by atoms with Crippen molar-refractivity contribution < 1.29 is 9.72 Å². The van der Waals surface area contributed by atoms with Gasteiger partial charge in [0.05, 0.1) is 4.92 Å². The summed E-state index contributed by atoms with van der Waals surface area (Å²) in [4.78, 5) is 33.3. The SMILES string of the molecule is Cc1cc([N+](=O)[O-])cnc1N1CCC(C(=O)Nc2ccc(Br)cn2)CC1. The summed E-state index contributed by atoms with van der Waals surface area (Å²) in [5.41, 5.74) is 0.753. The van der Waals surface area contributed by atoms with Crippen LogP contribution in [-0.2, 0) is 4.79 Å². The molecule has 1 fully saturated rings. The van der Waals surface area contributed by atoms with Gasteiger partial charge in [0, 0.05) is 35.7 Å². The number of rotatable bonds is 4. The van der Waals surface area contributed by atoms with Crippen LogP contribution >= 0.6 is 15.9 Å². The van der Waals surface area contributed by atoms with Gasteiger partial charge in [-0.05, 0) is 53.4 Å². The second-order valence-electron chi connectivity index (χ2n) is 6.20. The van der Waals surface area contributed by atoms with Crippen molar-refractivity contribution in [1.82, 2.24) is 9.97 Å². The molecule has 0 unspecified atom stereocenters. The fourth-order valence-corrected chi connectivity index (χ4v) is 3.25. The maximum Gasteiger partial charge on any atom is 0.287 e. The zero-order valence-electron chi connectivity index (χ0n) is 14.2. The third-order valence-electron chi connectivity index (χ3n) is 4.39. The number of nitrogens with one attached hydrogen (secondary N) is 1. The van der Waals surface area contributed by atoms with Gasteiger partial charge >= 0.3 is 0 Å². The highest BCUT2D eigenvalue weighted by Gasteiger charge is 2.27. The fourth-order valence-electron chi connectivity index (χ4n) is 3.02. The number of carbonyl (C=O) groups excluding carboxylic acids is 1. The minimum atomic E-state index is -0.448. The molecule has 1 amide bonds. The summed E-state index contributed by atoms with van der Waals surface area (Å²) in [6.45, 7) is 3.17. The van der Waals surface area contributed by atoms with E-state index in [1.165, 1.54) is 12.3 Å². The molecule has 136 valence electrons. The van der Waals surface area contributed by atoms with E-state index in [0.717, 1.165) is 15.9 Å². The number of hydrogen-bond acceptors (Lipinski definition) is 6. The van der Waals surface area contributed by atoms with E-state index in [1.807, 2.05) is 13.0 Å². The molecule has 2 aromatic heterocycles. The third-order valence-corrected chi connectivity index (χ3v) is 4.86. The summed E-state index contributed by atoms with van der Waals surface area (Å²) in [7, 11) is 0. The maximum absolute atomic E-state index is 12.4. The molecule has 9 heteroatoms. The molecule has 3 rings (SSSR count). The summed E-state index contributed by atoms with van der Waals surface area (Å²) in [5.74, 6) is 1.15. The Morgan fingerprint density at radius 2 is 2.04 bits per heavy atom. The van der Waals surface area contributed by atoms with Gasteiger partial charge in [0.15, 0.2) is 0 Å². The molecular weight excluding hydrogens is 402 g/mol. The summed E-state index contributed by atoms with van der Waals surface area (Å²) >= 11 is 3.31. The van der Waals surface area contributed by atoms with Gasteiger partial charge < -0.3 is 10.2 Å². The third kappa shape index (κ3) is 4.16. The Hall–Kier alpha value is -2.55. The first-order chi connectivity index (χ1) is 12.4. The molecule has 0 bridgehead atoms. The van der Waals surface area contributed by atoms with Crippen molar-refractivity contribution in [2.75, 3.05) is 23.3 Å². The topological polar surface area (TPSA) is 101 Å². The van der Waals surface area contributed by atoms with Crippen molar-refractivity contribution in [3.8, 4) is 0 Å². The molecule has 8 nitrogen and oxygen atoms in total. The van der Waals surface area contributed by atoms with Gasteiger partial charge in [-0.2, -0.15) is 0 Å². The summed E-state index contributed by atoms with van der Waals surface area (Å²) in [5, 5.41) is 13.7. The van der Waals surface area contributed by atoms with Crippen LogP contribution in [0.25, 0.3) is 0 Å². The van der Waals surface area contributed by atoms with Crippen molar-refractivity contribution in [1.29, 1.82) is 0 Å². The predicted octanol–water partition coefficient (Wildman–Crippen LogP) is 3.31. The first-order valence-electron chi connectivity index (χ1n) is 8.22. The van der Waals surface area contributed by atoms with Crippen LogP contribution < -0.4 is 10.2 Å². The molecule has 1 N–H and O–H groups in total. The van der Waals surface area contributed by atoms with Crippen LogP contribution in [0.3, 0.4) is 0 Å². The van der Waals surface area contributed by atoms with E-state index in [9.17, 15) is 14.9 Å². The summed E-state index contributed by atoms with van der Waals surface area (Å²) < 4.78 is 0.856. The normalized spacial score (nSPS) is 14.9. The number of pyridine rings is 2. The predicted molar refractivity (Wildman–Crippen MR) is 101 cm³/mol. The van der Waals surface area contributed by atoms with Crippen LogP contribution in [0.1, 0.15) is 18.4 Å². The van der Waals surface area contributed by atoms with Crippen LogP contribution in [0.15, 0.2) is 35.1 Å². The molecule has 0 atom stereocenters. The van der Waals surface area contributed by atoms with E-state index >= 15 is 0 Å². The highest BCUT2D eigenvalue weighted by atomic mass is 79.9. The number of anilines is 2. The molecule has 0 radical (unpaired) electrons. The lowest BCUT2D eigenvalue weighted by molar-refractivity contribution is -0.385. The number of aryl methyl sites for hydroxylation is 1. The van der Waals surface area contributed by atoms with Gasteiger partial charge in [0.25, 0.3) is 5.69 Å². The Morgan fingerprint density at radius 1 is 1.31 bits per heavy atom. The molecule has 26 heavy (non-hydrogen) atoms. The van der Waals surface area contributed by atoms with Crippen molar-refractivity contribution in [3.63, 3.8) is 0 Å². The van der Waals surface area contributed by atoms with E-state index in [0.29, 0.717) is 31.7 Å². The molecule has 1 saturated heterocycles. The minimum Gasteiger partial charge on any atom is -0.356 e. The number of nitrogens with zero attached hydrogens (tertiary/aromatic N) is 4. The zero-order valence-corrected chi connectivity index (χ0v) is 15.8. The quantitative estimate of drug-likeness (QED) is 0.602. The van der Waals surface area contributed by atoms with Crippen LogP contribution in [0.4, 0.5) is 17.3 Å². The van der Waals surface area contributed by atoms with Crippen LogP contribution in [-0.4, -0.2) is 33.9 Å². The van der Waals surface area contributed by atoms with E-state index in [1.54, 1.807) is 12.3 Å². The highest BCUT2D eigenvalue weighted by Crippen LogP contribution is 2.27. The lowest BCUT2D eigenvalue weighted by Gasteiger charge is -2.32. The molecule has 3 heterocycles. The van der Waals surface area contributed by atoms with Crippen LogP contribution in [0, 0.1) is 23.0 Å². The smallest absolute Gasteiger partial charge is 0.287 e. The average molecular weight is 420 g/mol. The number of carbonyl (C=O) groups is 1. The Kier molecular flexibility index (Phi) is 5.46. The van der Waals surface area contributed by atoms with E-state index < -0.39 is 4.92 Å². The number of amides is 1. The van der Waals surface area contributed by atoms with Crippen LogP contribution in [0.5, 0.6) is 0 Å². The second-order valence-corrected chi connectivity index (χ2v) is 7.12. The standard InChI is InChI=1S/C17H18BrN5O3/c1-11-8-14(23(25)26)10-20-16(11)22-6-4-12(5-7-22)17(24)21-15-3-2-13(18)9-19-15/h2-3,8-10,12H,4-7H2,1H3,(H,19,21,24). The molecular formula is C17H18BrN5O3. The van der Waals surface area contributed by atoms with Gasteiger partial charge in [-0.25, -0.2) is 9.97 Å². The summed E-state index contributed by atoms with van der Waals surface area (Å²) in [6.07, 6.45) is 4.31. The maximum atomic E-state index is 12.4. The molecule has 0 saturated carbocycles. The fraction of sp³-hybridized carbons (Fsp3) is 0.353. The number of piperidine rings is 1. The van der Waals surface area contributed by atoms with Gasteiger partial charge in [-0.15, -0.1) is 0 Å². The minimum absolute atomic E-state index is 0.0116. The number of hydrogen-bond donors (Lipinski definition) is 1. The molecule has 1 aliphatic heterocycles. The number of halogens is 1. The molecule has 0 aromatic carbocycles. The van der Waals surface area contributed by atoms with Gasteiger partial charge in [-0.3, -0.25) is 14.9 Å². The molecule has 0 aliphatic carbocycles. The largest absolute Gasteiger partial charge is 0.356 e. The Labute approximate surface area is 158 Å². The Bertz CT molecular complexity index is 820. The van der Waals surface area contributed by atoms with Crippen molar-refractivity contribution in [2.24, 2.45) is 5.92 Å². The van der Waals surface area contributed by atoms with E-state index in [2.05, 4.69) is 36.1 Å². The monoisotopic (exact) mass is 419 g/mol. The number of nitro groups is 1. The van der Waals surface area contributed by atoms with Gasteiger partial charge in [0.2, 0.25) is 5.91 Å². The van der Waals surface area contributed by atoms with Crippen molar-refractivity contribution in [2.45, 2.75) is 19.8 Å². The number of aromatic nitrogens is 2. The summed E-state index contributed by atoms with van der Waals surface area (Å²) in [6, 6.07) is 5.11. The second kappa shape index (κ2) is 7.77. The molecule has 2 aromatic rings. The first-order valence-corrected chi connectivity index (χ1v) is 9.02. The van der Waals surface area contributed by atoms with Gasteiger partial charge in [0.1, 0.15) is 17.8 Å². The average Bonchev–Trinajstić information content (AvgIpc) is 2.63. The highest BCUT2D eigenvalue weighted by molar-refractivity contribution is 9.10. The lowest BCUT2D eigenvalue weighted by Crippen LogP contribution is -2.39. The Balaban J connectivity index is 1.59.